The van der Waals surface area contributed by atoms with Crippen molar-refractivity contribution in [1.29, 1.82) is 0 Å². The molecule has 146 valence electrons. The molecule has 2 aromatic heterocycles. The molecule has 0 aromatic carbocycles. The molecule has 1 N–H and O–H groups in total. The average Bonchev–Trinajstić information content (AvgIpc) is 3.25. The Hall–Kier alpha value is -2.15. The number of nitrogens with one attached hydrogen (secondary N) is 1. The quantitative estimate of drug-likeness (QED) is 0.896. The van der Waals surface area contributed by atoms with Gasteiger partial charge in [-0.15, -0.1) is 0 Å². The predicted molar refractivity (Wildman–Crippen MR) is 103 cm³/mol. The number of carbonyl (C=O) groups excluding carboxylic acids is 1. The van der Waals surface area contributed by atoms with E-state index < -0.39 is 0 Å². The van der Waals surface area contributed by atoms with Gasteiger partial charge in [0.25, 0.3) is 0 Å². The number of aryl methyl sites for hydroxylation is 2. The van der Waals surface area contributed by atoms with Crippen molar-refractivity contribution in [2.24, 2.45) is 0 Å². The molecule has 7 nitrogen and oxygen atoms in total. The highest BCUT2D eigenvalue weighted by molar-refractivity contribution is 5.76. The number of nitrogens with zero attached hydrogens (tertiary/aromatic N) is 5. The zero-order chi connectivity index (χ0) is 19.2. The van der Waals surface area contributed by atoms with Crippen LogP contribution in [0.4, 0.5) is 0 Å². The number of imidazole rings is 1. The number of hydrogen-bond donors (Lipinski definition) is 1. The summed E-state index contributed by atoms with van der Waals surface area (Å²) in [7, 11) is 2.19. The van der Waals surface area contributed by atoms with Crippen LogP contribution in [0, 0.1) is 20.8 Å². The first kappa shape index (κ1) is 18.2. The van der Waals surface area contributed by atoms with Crippen LogP contribution in [0.3, 0.4) is 0 Å². The molecule has 0 atom stereocenters. The Morgan fingerprint density at radius 2 is 1.96 bits per heavy atom. The van der Waals surface area contributed by atoms with Crippen LogP contribution in [-0.2, 0) is 23.3 Å². The van der Waals surface area contributed by atoms with Crippen molar-refractivity contribution in [2.75, 3.05) is 26.7 Å². The molecule has 27 heavy (non-hydrogen) atoms. The van der Waals surface area contributed by atoms with E-state index in [0.29, 0.717) is 13.0 Å². The van der Waals surface area contributed by atoms with Crippen molar-refractivity contribution >= 4 is 5.91 Å². The minimum absolute atomic E-state index is 0.0167. The Morgan fingerprint density at radius 1 is 1.22 bits per heavy atom. The van der Waals surface area contributed by atoms with E-state index in [1.54, 1.807) is 0 Å². The van der Waals surface area contributed by atoms with Crippen LogP contribution < -0.4 is 0 Å². The molecule has 0 aliphatic carbocycles. The number of rotatable bonds is 3. The molecular formula is C20H30N6O. The third kappa shape index (κ3) is 2.98. The van der Waals surface area contributed by atoms with E-state index in [2.05, 4.69) is 40.9 Å². The second-order valence-corrected chi connectivity index (χ2v) is 8.08. The van der Waals surface area contributed by atoms with Gasteiger partial charge in [0, 0.05) is 50.4 Å². The van der Waals surface area contributed by atoms with Crippen molar-refractivity contribution in [3.63, 3.8) is 0 Å². The Morgan fingerprint density at radius 3 is 2.63 bits per heavy atom. The number of aromatic amines is 1. The van der Waals surface area contributed by atoms with E-state index in [4.69, 9.17) is 0 Å². The number of amides is 1. The van der Waals surface area contributed by atoms with Gasteiger partial charge in [-0.2, -0.15) is 5.10 Å². The van der Waals surface area contributed by atoms with Crippen LogP contribution in [0.2, 0.25) is 0 Å². The number of fused-ring (bicyclic) bond motifs is 2. The van der Waals surface area contributed by atoms with Crippen LogP contribution >= 0.6 is 0 Å². The zero-order valence-electron chi connectivity index (χ0n) is 16.9. The van der Waals surface area contributed by atoms with Gasteiger partial charge in [-0.3, -0.25) is 14.4 Å². The van der Waals surface area contributed by atoms with Gasteiger partial charge in [0.05, 0.1) is 23.3 Å². The molecule has 1 amide bonds. The summed E-state index contributed by atoms with van der Waals surface area (Å²) in [6, 6.07) is 0. The van der Waals surface area contributed by atoms with Crippen molar-refractivity contribution in [1.82, 2.24) is 29.5 Å². The van der Waals surface area contributed by atoms with Crippen LogP contribution in [0.15, 0.2) is 6.33 Å². The molecule has 7 heteroatoms. The summed E-state index contributed by atoms with van der Waals surface area (Å²) in [5.41, 5.74) is 5.88. The van der Waals surface area contributed by atoms with Gasteiger partial charge in [0.1, 0.15) is 0 Å². The topological polar surface area (TPSA) is 70.0 Å². The molecular weight excluding hydrogens is 340 g/mol. The van der Waals surface area contributed by atoms with Gasteiger partial charge in [-0.25, -0.2) is 4.98 Å². The van der Waals surface area contributed by atoms with Gasteiger partial charge in [0.15, 0.2) is 0 Å². The van der Waals surface area contributed by atoms with Gasteiger partial charge in [-0.05, 0) is 46.2 Å². The minimum Gasteiger partial charge on any atom is -0.348 e. The first-order valence-corrected chi connectivity index (χ1v) is 9.95. The lowest BCUT2D eigenvalue weighted by Gasteiger charge is -2.49. The fraction of sp³-hybridized carbons (Fsp3) is 0.650. The summed E-state index contributed by atoms with van der Waals surface area (Å²) in [6.45, 7) is 9.48. The molecule has 0 radical (unpaired) electrons. The van der Waals surface area contributed by atoms with E-state index in [9.17, 15) is 4.79 Å². The normalized spacial score (nSPS) is 19.5. The lowest BCUT2D eigenvalue weighted by Crippen LogP contribution is -2.55. The van der Waals surface area contributed by atoms with Crippen LogP contribution in [-0.4, -0.2) is 62.1 Å². The Balaban J connectivity index is 1.39. The summed E-state index contributed by atoms with van der Waals surface area (Å²) in [5, 5.41) is 4.55. The fourth-order valence-electron chi connectivity index (χ4n) is 4.70. The Bertz CT molecular complexity index is 843. The molecule has 1 spiro atoms. The maximum absolute atomic E-state index is 12.8. The lowest BCUT2D eigenvalue weighted by atomic mass is 9.79. The fourth-order valence-corrected chi connectivity index (χ4v) is 4.70. The van der Waals surface area contributed by atoms with Gasteiger partial charge < -0.3 is 9.88 Å². The summed E-state index contributed by atoms with van der Waals surface area (Å²) in [6.07, 6.45) is 5.26. The molecule has 0 bridgehead atoms. The number of carbonyl (C=O) groups is 1. The van der Waals surface area contributed by atoms with Crippen LogP contribution in [0.5, 0.6) is 0 Å². The Labute approximate surface area is 160 Å². The maximum atomic E-state index is 12.8. The van der Waals surface area contributed by atoms with Crippen LogP contribution in [0.25, 0.3) is 0 Å². The average molecular weight is 371 g/mol. The third-order valence-corrected chi connectivity index (χ3v) is 6.81. The second-order valence-electron chi connectivity index (χ2n) is 8.08. The highest BCUT2D eigenvalue weighted by Crippen LogP contribution is 2.41. The van der Waals surface area contributed by atoms with Crippen LogP contribution in [0.1, 0.15) is 47.6 Å². The number of H-pyrrole nitrogens is 1. The predicted octanol–water partition coefficient (Wildman–Crippen LogP) is 1.93. The molecule has 4 heterocycles. The number of likely N-dealkylation sites (tertiary alicyclic amines) is 1. The van der Waals surface area contributed by atoms with Gasteiger partial charge in [0.2, 0.25) is 5.91 Å². The highest BCUT2D eigenvalue weighted by Gasteiger charge is 2.45. The standard InChI is InChI=1S/C20H30N6O/c1-14-15(2)23-26(16(14)3)10-6-18(27)25-11-7-20(8-12-25)19-17(21-13-22-19)5-9-24(20)4/h13H,5-12H2,1-4H3,(H,21,22). The Kier molecular flexibility index (Phi) is 4.58. The zero-order valence-corrected chi connectivity index (χ0v) is 16.9. The highest BCUT2D eigenvalue weighted by atomic mass is 16.2. The molecule has 2 aliphatic heterocycles. The monoisotopic (exact) mass is 370 g/mol. The largest absolute Gasteiger partial charge is 0.348 e. The van der Waals surface area contributed by atoms with E-state index in [-0.39, 0.29) is 11.4 Å². The molecule has 4 rings (SSSR count). The van der Waals surface area contributed by atoms with E-state index in [0.717, 1.165) is 50.3 Å². The SMILES string of the molecule is Cc1nn(CCC(=O)N2CCC3(CC2)c2nc[nH]c2CCN3C)c(C)c1C. The van der Waals surface area contributed by atoms with E-state index in [1.165, 1.54) is 17.0 Å². The summed E-state index contributed by atoms with van der Waals surface area (Å²) in [4.78, 5) is 25.2. The summed E-state index contributed by atoms with van der Waals surface area (Å²) in [5.74, 6) is 0.232. The number of likely N-dealkylation sites (N-methyl/N-ethyl adjacent to an activating group) is 1. The summed E-state index contributed by atoms with van der Waals surface area (Å²) < 4.78 is 1.97. The van der Waals surface area contributed by atoms with Crippen molar-refractivity contribution in [3.8, 4) is 0 Å². The van der Waals surface area contributed by atoms with E-state index in [1.807, 2.05) is 22.8 Å². The minimum atomic E-state index is -0.0167. The number of piperidine rings is 1. The first-order chi connectivity index (χ1) is 12.9. The van der Waals surface area contributed by atoms with Crippen molar-refractivity contribution in [3.05, 3.63) is 34.7 Å². The molecule has 1 saturated heterocycles. The molecule has 1 fully saturated rings. The molecule has 0 unspecified atom stereocenters. The number of hydrogen-bond acceptors (Lipinski definition) is 4. The first-order valence-electron chi connectivity index (χ1n) is 9.95. The van der Waals surface area contributed by atoms with Gasteiger partial charge >= 0.3 is 0 Å². The molecule has 0 saturated carbocycles. The smallest absolute Gasteiger partial charge is 0.224 e. The molecule has 2 aliphatic rings. The van der Waals surface area contributed by atoms with Crippen molar-refractivity contribution in [2.45, 2.75) is 58.5 Å². The van der Waals surface area contributed by atoms with Crippen molar-refractivity contribution < 1.29 is 4.79 Å². The van der Waals surface area contributed by atoms with Gasteiger partial charge in [-0.1, -0.05) is 0 Å². The second kappa shape index (κ2) is 6.78. The maximum Gasteiger partial charge on any atom is 0.224 e. The number of aromatic nitrogens is 4. The molecule has 2 aromatic rings. The van der Waals surface area contributed by atoms with E-state index >= 15 is 0 Å². The lowest BCUT2D eigenvalue weighted by molar-refractivity contribution is -0.134. The summed E-state index contributed by atoms with van der Waals surface area (Å²) >= 11 is 0. The third-order valence-electron chi connectivity index (χ3n) is 6.81.